The average Bonchev–Trinajstić information content (AvgIpc) is 2.74. The van der Waals surface area contributed by atoms with Crippen molar-refractivity contribution in [3.63, 3.8) is 0 Å². The van der Waals surface area contributed by atoms with Gasteiger partial charge in [-0.1, -0.05) is 0 Å². The van der Waals surface area contributed by atoms with E-state index >= 15 is 0 Å². The lowest BCUT2D eigenvalue weighted by Crippen LogP contribution is -2.06. The van der Waals surface area contributed by atoms with Gasteiger partial charge in [-0.2, -0.15) is 0 Å². The number of aryl methyl sites for hydroxylation is 1. The fourth-order valence-corrected chi connectivity index (χ4v) is 1.77. The summed E-state index contributed by atoms with van der Waals surface area (Å²) in [4.78, 5) is 0. The van der Waals surface area contributed by atoms with E-state index in [0.717, 1.165) is 12.1 Å². The zero-order valence-electron chi connectivity index (χ0n) is 9.91. The van der Waals surface area contributed by atoms with E-state index in [1.54, 1.807) is 6.92 Å². The van der Waals surface area contributed by atoms with E-state index in [-0.39, 0.29) is 5.75 Å². The summed E-state index contributed by atoms with van der Waals surface area (Å²) in [6.45, 7) is 1.61. The molecule has 0 aliphatic heterocycles. The summed E-state index contributed by atoms with van der Waals surface area (Å²) in [6, 6.07) is 3.53. The van der Waals surface area contributed by atoms with Crippen LogP contribution in [0.15, 0.2) is 28.9 Å². The minimum absolute atomic E-state index is 0.0601. The van der Waals surface area contributed by atoms with Crippen LogP contribution >= 0.6 is 0 Å². The topological polar surface area (TPSA) is 42.6 Å². The fourth-order valence-electron chi connectivity index (χ4n) is 1.77. The van der Waals surface area contributed by atoms with Crippen LogP contribution in [0.2, 0.25) is 0 Å². The first-order valence-corrected chi connectivity index (χ1v) is 5.29. The molecule has 0 saturated heterocycles. The van der Waals surface area contributed by atoms with Crippen LogP contribution in [-0.4, -0.2) is 12.2 Å². The number of aliphatic hydroxyl groups is 1. The summed E-state index contributed by atoms with van der Waals surface area (Å²) in [7, 11) is 1.31. The van der Waals surface area contributed by atoms with Crippen molar-refractivity contribution in [2.75, 3.05) is 7.11 Å². The van der Waals surface area contributed by atoms with Gasteiger partial charge >= 0.3 is 0 Å². The van der Waals surface area contributed by atoms with Crippen LogP contribution in [0.4, 0.5) is 8.78 Å². The monoisotopic (exact) mass is 254 g/mol. The van der Waals surface area contributed by atoms with Crippen LogP contribution in [0.1, 0.15) is 23.0 Å². The van der Waals surface area contributed by atoms with Gasteiger partial charge < -0.3 is 14.3 Å². The maximum Gasteiger partial charge on any atom is 0.135 e. The third kappa shape index (κ3) is 2.09. The highest BCUT2D eigenvalue weighted by molar-refractivity contribution is 5.37. The minimum Gasteiger partial charge on any atom is -0.497 e. The lowest BCUT2D eigenvalue weighted by atomic mass is 10.0. The lowest BCUT2D eigenvalue weighted by molar-refractivity contribution is 0.206. The van der Waals surface area contributed by atoms with Gasteiger partial charge in [0.2, 0.25) is 0 Å². The lowest BCUT2D eigenvalue weighted by Gasteiger charge is -2.13. The predicted octanol–water partition coefficient (Wildman–Crippen LogP) is 2.96. The molecule has 0 fully saturated rings. The van der Waals surface area contributed by atoms with Gasteiger partial charge in [-0.15, -0.1) is 0 Å². The summed E-state index contributed by atoms with van der Waals surface area (Å²) in [5.74, 6) is -1.25. The molecule has 1 N–H and O–H groups in total. The summed E-state index contributed by atoms with van der Waals surface area (Å²) in [5.41, 5.74) is -0.0849. The second-order valence-corrected chi connectivity index (χ2v) is 3.84. The van der Waals surface area contributed by atoms with Gasteiger partial charge in [0.25, 0.3) is 0 Å². The number of methoxy groups -OCH3 is 1. The molecule has 3 nitrogen and oxygen atoms in total. The van der Waals surface area contributed by atoms with Crippen LogP contribution in [-0.2, 0) is 0 Å². The van der Waals surface area contributed by atoms with Crippen molar-refractivity contribution in [2.24, 2.45) is 0 Å². The minimum atomic E-state index is -1.41. The molecule has 1 heterocycles. The first-order valence-electron chi connectivity index (χ1n) is 5.29. The highest BCUT2D eigenvalue weighted by Crippen LogP contribution is 2.31. The quantitative estimate of drug-likeness (QED) is 0.915. The van der Waals surface area contributed by atoms with Gasteiger partial charge in [0.1, 0.15) is 29.2 Å². The second-order valence-electron chi connectivity index (χ2n) is 3.84. The number of aliphatic hydroxyl groups excluding tert-OH is 1. The normalized spacial score (nSPS) is 12.5. The van der Waals surface area contributed by atoms with Gasteiger partial charge in [-0.3, -0.25) is 0 Å². The molecule has 96 valence electrons. The van der Waals surface area contributed by atoms with Gasteiger partial charge in [-0.25, -0.2) is 8.78 Å². The maximum atomic E-state index is 13.8. The average molecular weight is 254 g/mol. The molecule has 1 aromatic carbocycles. The van der Waals surface area contributed by atoms with Gasteiger partial charge in [0, 0.05) is 17.7 Å². The third-order valence-electron chi connectivity index (χ3n) is 2.76. The Balaban J connectivity index is 2.48. The van der Waals surface area contributed by atoms with Crippen molar-refractivity contribution in [3.8, 4) is 5.75 Å². The number of hydrogen-bond donors (Lipinski definition) is 1. The highest BCUT2D eigenvalue weighted by atomic mass is 19.1. The molecule has 2 aromatic rings. The summed E-state index contributed by atoms with van der Waals surface area (Å²) in [6.07, 6.45) is -0.0533. The Hall–Kier alpha value is -1.88. The molecular weight excluding hydrogens is 242 g/mol. The van der Waals surface area contributed by atoms with E-state index in [1.165, 1.54) is 19.4 Å². The van der Waals surface area contributed by atoms with Crippen LogP contribution in [0.25, 0.3) is 0 Å². The second kappa shape index (κ2) is 4.78. The van der Waals surface area contributed by atoms with E-state index in [9.17, 15) is 13.9 Å². The smallest absolute Gasteiger partial charge is 0.135 e. The van der Waals surface area contributed by atoms with Crippen molar-refractivity contribution < 1.29 is 23.0 Å². The molecule has 0 amide bonds. The van der Waals surface area contributed by atoms with Crippen LogP contribution in [0, 0.1) is 18.6 Å². The predicted molar refractivity (Wildman–Crippen MR) is 60.4 cm³/mol. The van der Waals surface area contributed by atoms with E-state index in [0.29, 0.717) is 11.3 Å². The Morgan fingerprint density at radius 2 is 1.89 bits per heavy atom. The molecule has 1 aromatic heterocycles. The first-order chi connectivity index (χ1) is 8.54. The molecular formula is C13H12F2O3. The van der Waals surface area contributed by atoms with E-state index < -0.39 is 23.3 Å². The number of hydrogen-bond acceptors (Lipinski definition) is 3. The standard InChI is InChI=1S/C13H12F2O3/c1-7-9(3-4-18-7)13(16)12-10(14)5-8(17-2)6-11(12)15/h3-6,13,16H,1-2H3. The number of benzene rings is 1. The molecule has 0 saturated carbocycles. The first kappa shape index (κ1) is 12.6. The molecule has 1 unspecified atom stereocenters. The summed E-state index contributed by atoms with van der Waals surface area (Å²) in [5, 5.41) is 10.0. The maximum absolute atomic E-state index is 13.8. The van der Waals surface area contributed by atoms with E-state index in [4.69, 9.17) is 9.15 Å². The molecule has 0 aliphatic rings. The van der Waals surface area contributed by atoms with Crippen molar-refractivity contribution in [2.45, 2.75) is 13.0 Å². The highest BCUT2D eigenvalue weighted by Gasteiger charge is 2.23. The fraction of sp³-hybridized carbons (Fsp3) is 0.231. The van der Waals surface area contributed by atoms with Crippen molar-refractivity contribution in [3.05, 3.63) is 53.0 Å². The Bertz CT molecular complexity index is 540. The van der Waals surface area contributed by atoms with E-state index in [2.05, 4.69) is 0 Å². The molecule has 5 heteroatoms. The molecule has 0 spiro atoms. The third-order valence-corrected chi connectivity index (χ3v) is 2.76. The van der Waals surface area contributed by atoms with Crippen molar-refractivity contribution in [1.29, 1.82) is 0 Å². The summed E-state index contributed by atoms with van der Waals surface area (Å²) >= 11 is 0. The number of furan rings is 1. The molecule has 0 aliphatic carbocycles. The van der Waals surface area contributed by atoms with Crippen LogP contribution in [0.5, 0.6) is 5.75 Å². The molecule has 1 atom stereocenters. The van der Waals surface area contributed by atoms with Crippen molar-refractivity contribution >= 4 is 0 Å². The van der Waals surface area contributed by atoms with Crippen LogP contribution < -0.4 is 4.74 Å². The Morgan fingerprint density at radius 3 is 2.33 bits per heavy atom. The molecule has 2 rings (SSSR count). The number of rotatable bonds is 3. The molecule has 0 bridgehead atoms. The van der Waals surface area contributed by atoms with E-state index in [1.807, 2.05) is 0 Å². The van der Waals surface area contributed by atoms with Gasteiger partial charge in [0.05, 0.1) is 18.9 Å². The Labute approximate surface area is 103 Å². The molecule has 0 radical (unpaired) electrons. The Kier molecular flexibility index (Phi) is 3.34. The number of halogens is 2. The van der Waals surface area contributed by atoms with Gasteiger partial charge in [-0.05, 0) is 13.0 Å². The van der Waals surface area contributed by atoms with Crippen LogP contribution in [0.3, 0.4) is 0 Å². The zero-order valence-corrected chi connectivity index (χ0v) is 9.91. The Morgan fingerprint density at radius 1 is 1.28 bits per heavy atom. The van der Waals surface area contributed by atoms with Crippen molar-refractivity contribution in [1.82, 2.24) is 0 Å². The van der Waals surface area contributed by atoms with Gasteiger partial charge in [0.15, 0.2) is 0 Å². The zero-order chi connectivity index (χ0) is 13.3. The largest absolute Gasteiger partial charge is 0.497 e. The summed E-state index contributed by atoms with van der Waals surface area (Å²) < 4.78 is 37.3. The number of ether oxygens (including phenoxy) is 1. The molecule has 18 heavy (non-hydrogen) atoms. The SMILES string of the molecule is COc1cc(F)c(C(O)c2ccoc2C)c(F)c1.